The molecular weight excluding hydrogens is 414 g/mol. The van der Waals surface area contributed by atoms with Crippen LogP contribution in [-0.2, 0) is 19.2 Å². The van der Waals surface area contributed by atoms with Crippen LogP contribution < -0.4 is 10.6 Å². The number of imide groups is 1. The van der Waals surface area contributed by atoms with Crippen molar-refractivity contribution in [3.8, 4) is 11.5 Å². The molecule has 30 heavy (non-hydrogen) atoms. The molecule has 2 aromatic rings. The monoisotopic (exact) mass is 431 g/mol. The zero-order valence-corrected chi connectivity index (χ0v) is 16.5. The number of aromatic hydroxyl groups is 2. The zero-order chi connectivity index (χ0) is 21.7. The largest absolute Gasteiger partial charge is 0.508 e. The first-order valence-corrected chi connectivity index (χ1v) is 9.44. The zero-order valence-electron chi connectivity index (χ0n) is 15.8. The molecule has 9 nitrogen and oxygen atoms in total. The Morgan fingerprint density at radius 1 is 1.13 bits per heavy atom. The Bertz CT molecular complexity index is 1050. The average Bonchev–Trinajstić information content (AvgIpc) is 3.12. The van der Waals surface area contributed by atoms with E-state index in [2.05, 4.69) is 0 Å². The van der Waals surface area contributed by atoms with Crippen LogP contribution in [0.15, 0.2) is 36.4 Å². The molecule has 3 unspecified atom stereocenters. The molecule has 0 radical (unpaired) electrons. The minimum Gasteiger partial charge on any atom is -0.508 e. The Morgan fingerprint density at radius 2 is 1.80 bits per heavy atom. The topological polar surface area (TPSA) is 133 Å². The maximum atomic E-state index is 13.3. The molecule has 156 valence electrons. The SMILES string of the molecule is Cc1ccc(N2C(=O)C3ON(CC(N)=O)C(c4cc(O)cc(O)c4)C3C2=O)cc1Cl. The highest BCUT2D eigenvalue weighted by Crippen LogP contribution is 2.46. The molecule has 2 aromatic carbocycles. The van der Waals surface area contributed by atoms with Crippen LogP contribution in [0.1, 0.15) is 17.2 Å². The maximum Gasteiger partial charge on any atom is 0.265 e. The van der Waals surface area contributed by atoms with Crippen molar-refractivity contribution in [1.29, 1.82) is 0 Å². The highest BCUT2D eigenvalue weighted by atomic mass is 35.5. The maximum absolute atomic E-state index is 13.3. The Morgan fingerprint density at radius 3 is 2.40 bits per heavy atom. The Hall–Kier alpha value is -3.14. The first kappa shape index (κ1) is 20.1. The summed E-state index contributed by atoms with van der Waals surface area (Å²) in [5.41, 5.74) is 6.68. The number of phenols is 2. The normalized spacial score (nSPS) is 23.8. The third kappa shape index (κ3) is 3.26. The Balaban J connectivity index is 1.77. The number of benzene rings is 2. The van der Waals surface area contributed by atoms with Crippen LogP contribution in [0, 0.1) is 12.8 Å². The van der Waals surface area contributed by atoms with Crippen molar-refractivity contribution in [2.75, 3.05) is 11.4 Å². The number of fused-ring (bicyclic) bond motifs is 1. The number of rotatable bonds is 4. The Labute approximate surface area is 176 Å². The van der Waals surface area contributed by atoms with Crippen LogP contribution in [0.4, 0.5) is 5.69 Å². The second-order valence-electron chi connectivity index (χ2n) is 7.27. The Kier molecular flexibility index (Phi) is 4.89. The molecule has 0 saturated carbocycles. The van der Waals surface area contributed by atoms with Gasteiger partial charge in [-0.3, -0.25) is 19.2 Å². The van der Waals surface area contributed by atoms with Gasteiger partial charge in [-0.15, -0.1) is 0 Å². The third-order valence-electron chi connectivity index (χ3n) is 5.19. The lowest BCUT2D eigenvalue weighted by Crippen LogP contribution is -2.40. The first-order chi connectivity index (χ1) is 14.2. The van der Waals surface area contributed by atoms with E-state index in [0.717, 1.165) is 21.6 Å². The van der Waals surface area contributed by atoms with Crippen molar-refractivity contribution in [3.63, 3.8) is 0 Å². The fraction of sp³-hybridized carbons (Fsp3) is 0.250. The van der Waals surface area contributed by atoms with Crippen LogP contribution in [0.25, 0.3) is 0 Å². The van der Waals surface area contributed by atoms with E-state index in [-0.39, 0.29) is 18.0 Å². The predicted octanol–water partition coefficient (Wildman–Crippen LogP) is 1.39. The molecule has 2 saturated heterocycles. The van der Waals surface area contributed by atoms with E-state index in [1.807, 2.05) is 0 Å². The quantitative estimate of drug-likeness (QED) is 0.623. The van der Waals surface area contributed by atoms with E-state index in [9.17, 15) is 24.6 Å². The van der Waals surface area contributed by atoms with Crippen LogP contribution in [0.3, 0.4) is 0 Å². The van der Waals surface area contributed by atoms with Gasteiger partial charge in [0.25, 0.3) is 5.91 Å². The molecule has 2 aliphatic rings. The molecule has 4 N–H and O–H groups in total. The van der Waals surface area contributed by atoms with Crippen LogP contribution in [-0.4, -0.2) is 45.6 Å². The van der Waals surface area contributed by atoms with Gasteiger partial charge in [0.05, 0.1) is 17.6 Å². The number of halogens is 1. The lowest BCUT2D eigenvalue weighted by molar-refractivity contribution is -0.175. The molecule has 3 amide bonds. The summed E-state index contributed by atoms with van der Waals surface area (Å²) < 4.78 is 0. The summed E-state index contributed by atoms with van der Waals surface area (Å²) >= 11 is 6.15. The summed E-state index contributed by atoms with van der Waals surface area (Å²) in [5, 5.41) is 21.3. The van der Waals surface area contributed by atoms with Crippen LogP contribution in [0.2, 0.25) is 5.02 Å². The molecule has 0 spiro atoms. The first-order valence-electron chi connectivity index (χ1n) is 9.06. The summed E-state index contributed by atoms with van der Waals surface area (Å²) in [6.07, 6.45) is -1.19. The molecule has 2 aliphatic heterocycles. The number of aryl methyl sites for hydroxylation is 1. The highest BCUT2D eigenvalue weighted by molar-refractivity contribution is 6.32. The lowest BCUT2D eigenvalue weighted by atomic mass is 9.90. The lowest BCUT2D eigenvalue weighted by Gasteiger charge is -2.26. The number of anilines is 1. The van der Waals surface area contributed by atoms with Gasteiger partial charge in [-0.25, -0.2) is 4.90 Å². The molecule has 4 rings (SSSR count). The van der Waals surface area contributed by atoms with Gasteiger partial charge in [-0.1, -0.05) is 17.7 Å². The van der Waals surface area contributed by atoms with E-state index in [0.29, 0.717) is 16.3 Å². The van der Waals surface area contributed by atoms with E-state index in [1.165, 1.54) is 18.2 Å². The van der Waals surface area contributed by atoms with Gasteiger partial charge in [0.2, 0.25) is 11.8 Å². The van der Waals surface area contributed by atoms with Gasteiger partial charge in [0.1, 0.15) is 18.0 Å². The summed E-state index contributed by atoms with van der Waals surface area (Å²) in [6.45, 7) is 1.41. The standard InChI is InChI=1S/C20H18ClN3O6/c1-9-2-3-11(6-14(9)21)24-19(28)16-17(10-4-12(25)7-13(26)5-10)23(8-15(22)27)30-18(16)20(24)29/h2-7,16-18,25-26H,8H2,1H3,(H2,22,27). The van der Waals surface area contributed by atoms with Crippen molar-refractivity contribution in [2.45, 2.75) is 19.1 Å². The van der Waals surface area contributed by atoms with Gasteiger partial charge >= 0.3 is 0 Å². The van der Waals surface area contributed by atoms with Crippen molar-refractivity contribution in [1.82, 2.24) is 5.06 Å². The molecule has 2 heterocycles. The third-order valence-corrected chi connectivity index (χ3v) is 5.59. The minimum absolute atomic E-state index is 0.244. The second-order valence-corrected chi connectivity index (χ2v) is 7.67. The number of primary amides is 1. The number of hydrogen-bond donors (Lipinski definition) is 3. The smallest absolute Gasteiger partial charge is 0.265 e. The molecule has 0 aliphatic carbocycles. The average molecular weight is 432 g/mol. The van der Waals surface area contributed by atoms with Crippen molar-refractivity contribution in [3.05, 3.63) is 52.5 Å². The molecule has 10 heteroatoms. The number of hydrogen-bond acceptors (Lipinski definition) is 7. The predicted molar refractivity (Wildman–Crippen MR) is 105 cm³/mol. The van der Waals surface area contributed by atoms with Crippen LogP contribution in [0.5, 0.6) is 11.5 Å². The molecule has 3 atom stereocenters. The second kappa shape index (κ2) is 7.28. The molecule has 0 aromatic heterocycles. The van der Waals surface area contributed by atoms with Gasteiger partial charge in [-0.05, 0) is 42.3 Å². The van der Waals surface area contributed by atoms with Gasteiger partial charge in [-0.2, -0.15) is 5.06 Å². The summed E-state index contributed by atoms with van der Waals surface area (Å²) in [4.78, 5) is 44.5. The number of nitrogens with two attached hydrogens (primary N) is 1. The van der Waals surface area contributed by atoms with Crippen molar-refractivity contribution in [2.24, 2.45) is 11.7 Å². The minimum atomic E-state index is -1.19. The molecular formula is C20H18ClN3O6. The summed E-state index contributed by atoms with van der Waals surface area (Å²) in [7, 11) is 0. The summed E-state index contributed by atoms with van der Waals surface area (Å²) in [6, 6.07) is 7.66. The van der Waals surface area contributed by atoms with Gasteiger partial charge < -0.3 is 15.9 Å². The van der Waals surface area contributed by atoms with Crippen LogP contribution >= 0.6 is 11.6 Å². The fourth-order valence-electron chi connectivity index (χ4n) is 3.90. The number of amides is 3. The van der Waals surface area contributed by atoms with Crippen molar-refractivity contribution < 1.29 is 29.4 Å². The highest BCUT2D eigenvalue weighted by Gasteiger charge is 2.60. The number of phenolic OH excluding ortho intramolecular Hbond substituents is 2. The van der Waals surface area contributed by atoms with Gasteiger partial charge in [0.15, 0.2) is 6.10 Å². The van der Waals surface area contributed by atoms with E-state index in [4.69, 9.17) is 22.2 Å². The van der Waals surface area contributed by atoms with E-state index in [1.54, 1.807) is 19.1 Å². The molecule has 2 fully saturated rings. The number of nitrogens with zero attached hydrogens (tertiary/aromatic N) is 2. The summed E-state index contributed by atoms with van der Waals surface area (Å²) in [5.74, 6) is -3.39. The van der Waals surface area contributed by atoms with E-state index >= 15 is 0 Å². The van der Waals surface area contributed by atoms with Crippen molar-refractivity contribution >= 4 is 35.0 Å². The number of carbonyl (C=O) groups excluding carboxylic acids is 3. The van der Waals surface area contributed by atoms with Gasteiger partial charge in [0, 0.05) is 11.1 Å². The number of hydroxylamine groups is 2. The number of carbonyl (C=O) groups is 3. The van der Waals surface area contributed by atoms with E-state index < -0.39 is 35.8 Å². The molecule has 0 bridgehead atoms. The fourth-order valence-corrected chi connectivity index (χ4v) is 4.07.